The van der Waals surface area contributed by atoms with Crippen molar-refractivity contribution in [3.8, 4) is 11.5 Å². The maximum atomic E-state index is 12.4. The highest BCUT2D eigenvalue weighted by molar-refractivity contribution is 5.66. The summed E-state index contributed by atoms with van der Waals surface area (Å²) in [4.78, 5) is 0. The number of halogens is 2. The summed E-state index contributed by atoms with van der Waals surface area (Å²) in [5.41, 5.74) is 0.773. The van der Waals surface area contributed by atoms with Crippen LogP contribution in [0.25, 0.3) is 6.08 Å². The Morgan fingerprint density at radius 1 is 1.00 bits per heavy atom. The molecule has 0 unspecified atom stereocenters. The molecule has 0 aliphatic rings. The maximum absolute atomic E-state index is 12.4. The first-order valence-corrected chi connectivity index (χ1v) is 5.41. The molecule has 0 radical (unpaired) electrons. The van der Waals surface area contributed by atoms with Gasteiger partial charge in [-0.2, -0.15) is 8.78 Å². The predicted octanol–water partition coefficient (Wildman–Crippen LogP) is 3.23. The first kappa shape index (κ1) is 15.4. The van der Waals surface area contributed by atoms with E-state index >= 15 is 0 Å². The molecule has 0 aromatic heterocycles. The first-order valence-electron chi connectivity index (χ1n) is 5.41. The summed E-state index contributed by atoms with van der Waals surface area (Å²) < 4.78 is 45.3. The standard InChI is InChI=1S/C13H16F2O4/c1-16-10-5-8(13(18-3)19-4)6-11(17-2)9(10)7-12(14)15/h5-7,13H,1-4H3. The Kier molecular flexibility index (Phi) is 5.72. The minimum atomic E-state index is -1.83. The van der Waals surface area contributed by atoms with Crippen molar-refractivity contribution in [2.75, 3.05) is 28.4 Å². The van der Waals surface area contributed by atoms with Gasteiger partial charge in [-0.25, -0.2) is 0 Å². The molecule has 0 aliphatic carbocycles. The SMILES string of the molecule is COc1cc(C(OC)OC)cc(OC)c1C=C(F)F. The zero-order valence-electron chi connectivity index (χ0n) is 11.2. The van der Waals surface area contributed by atoms with Gasteiger partial charge in [-0.3, -0.25) is 0 Å². The van der Waals surface area contributed by atoms with E-state index in [0.29, 0.717) is 11.6 Å². The quantitative estimate of drug-likeness (QED) is 0.746. The monoisotopic (exact) mass is 274 g/mol. The average Bonchev–Trinajstić information content (AvgIpc) is 2.40. The lowest BCUT2D eigenvalue weighted by atomic mass is 10.1. The fraction of sp³-hybridized carbons (Fsp3) is 0.385. The summed E-state index contributed by atoms with van der Waals surface area (Å²) in [5.74, 6) is 0.502. The van der Waals surface area contributed by atoms with Crippen LogP contribution in [0.15, 0.2) is 18.2 Å². The first-order chi connectivity index (χ1) is 9.07. The summed E-state index contributed by atoms with van der Waals surface area (Å²) in [7, 11) is 5.73. The molecule has 0 saturated carbocycles. The van der Waals surface area contributed by atoms with Gasteiger partial charge < -0.3 is 18.9 Å². The molecule has 4 nitrogen and oxygen atoms in total. The van der Waals surface area contributed by atoms with E-state index in [4.69, 9.17) is 18.9 Å². The van der Waals surface area contributed by atoms with Crippen LogP contribution in [0.1, 0.15) is 17.4 Å². The second-order valence-electron chi connectivity index (χ2n) is 3.58. The van der Waals surface area contributed by atoms with Crippen LogP contribution >= 0.6 is 0 Å². The van der Waals surface area contributed by atoms with Crippen molar-refractivity contribution in [2.24, 2.45) is 0 Å². The molecule has 0 bridgehead atoms. The lowest BCUT2D eigenvalue weighted by Crippen LogP contribution is -2.05. The van der Waals surface area contributed by atoms with Crippen LogP contribution in [-0.2, 0) is 9.47 Å². The number of ether oxygens (including phenoxy) is 4. The Morgan fingerprint density at radius 3 is 1.79 bits per heavy atom. The average molecular weight is 274 g/mol. The normalized spacial score (nSPS) is 10.5. The van der Waals surface area contributed by atoms with Gasteiger partial charge in [-0.05, 0) is 12.1 Å². The summed E-state index contributed by atoms with van der Waals surface area (Å²) >= 11 is 0. The smallest absolute Gasteiger partial charge is 0.271 e. The highest BCUT2D eigenvalue weighted by atomic mass is 19.3. The fourth-order valence-electron chi connectivity index (χ4n) is 1.71. The number of rotatable bonds is 6. The van der Waals surface area contributed by atoms with Crippen LogP contribution in [-0.4, -0.2) is 28.4 Å². The molecule has 0 N–H and O–H groups in total. The Morgan fingerprint density at radius 2 is 1.47 bits per heavy atom. The predicted molar refractivity (Wildman–Crippen MR) is 66.5 cm³/mol. The van der Waals surface area contributed by atoms with E-state index in [-0.39, 0.29) is 17.1 Å². The highest BCUT2D eigenvalue weighted by Crippen LogP contribution is 2.35. The number of hydrogen-bond donors (Lipinski definition) is 0. The number of methoxy groups -OCH3 is 4. The lowest BCUT2D eigenvalue weighted by Gasteiger charge is -2.17. The summed E-state index contributed by atoms with van der Waals surface area (Å²) in [5, 5.41) is 0. The van der Waals surface area contributed by atoms with Crippen LogP contribution in [0, 0.1) is 0 Å². The van der Waals surface area contributed by atoms with E-state index in [2.05, 4.69) is 0 Å². The summed E-state index contributed by atoms with van der Waals surface area (Å²) in [6.45, 7) is 0. The van der Waals surface area contributed by atoms with Crippen molar-refractivity contribution in [1.82, 2.24) is 0 Å². The lowest BCUT2D eigenvalue weighted by molar-refractivity contribution is -0.106. The van der Waals surface area contributed by atoms with Crippen molar-refractivity contribution >= 4 is 6.08 Å². The topological polar surface area (TPSA) is 36.9 Å². The van der Waals surface area contributed by atoms with Crippen LogP contribution in [0.2, 0.25) is 0 Å². The van der Waals surface area contributed by atoms with Gasteiger partial charge >= 0.3 is 0 Å². The molecule has 19 heavy (non-hydrogen) atoms. The van der Waals surface area contributed by atoms with Gasteiger partial charge in [-0.15, -0.1) is 0 Å². The van der Waals surface area contributed by atoms with E-state index in [1.165, 1.54) is 28.4 Å². The van der Waals surface area contributed by atoms with Crippen molar-refractivity contribution in [3.05, 3.63) is 29.3 Å². The van der Waals surface area contributed by atoms with Crippen LogP contribution in [0.4, 0.5) is 8.78 Å². The minimum absolute atomic E-state index is 0.166. The molecule has 1 rings (SSSR count). The molecule has 0 aliphatic heterocycles. The zero-order valence-corrected chi connectivity index (χ0v) is 11.2. The molecule has 0 fully saturated rings. The van der Waals surface area contributed by atoms with E-state index in [1.54, 1.807) is 12.1 Å². The zero-order chi connectivity index (χ0) is 14.4. The number of hydrogen-bond acceptors (Lipinski definition) is 4. The fourth-order valence-corrected chi connectivity index (χ4v) is 1.71. The van der Waals surface area contributed by atoms with Gasteiger partial charge in [0.2, 0.25) is 0 Å². The molecule has 0 heterocycles. The molecule has 0 saturated heterocycles. The van der Waals surface area contributed by atoms with Gasteiger partial charge in [0, 0.05) is 25.9 Å². The Balaban J connectivity index is 3.39. The third-order valence-electron chi connectivity index (χ3n) is 2.52. The minimum Gasteiger partial charge on any atom is -0.496 e. The molecule has 106 valence electrons. The summed E-state index contributed by atoms with van der Waals surface area (Å²) in [6.07, 6.45) is -1.77. The van der Waals surface area contributed by atoms with E-state index in [0.717, 1.165) is 0 Å². The summed E-state index contributed by atoms with van der Waals surface area (Å²) in [6, 6.07) is 3.13. The second-order valence-corrected chi connectivity index (χ2v) is 3.58. The van der Waals surface area contributed by atoms with Gasteiger partial charge in [0.15, 0.2) is 6.29 Å². The van der Waals surface area contributed by atoms with Gasteiger partial charge in [0.05, 0.1) is 19.8 Å². The van der Waals surface area contributed by atoms with Gasteiger partial charge in [-0.1, -0.05) is 0 Å². The van der Waals surface area contributed by atoms with E-state index < -0.39 is 12.4 Å². The van der Waals surface area contributed by atoms with Crippen molar-refractivity contribution < 1.29 is 27.7 Å². The molecule has 1 aromatic carbocycles. The molecule has 0 atom stereocenters. The van der Waals surface area contributed by atoms with E-state index in [1.807, 2.05) is 0 Å². The molecule has 6 heteroatoms. The molecule has 0 spiro atoms. The van der Waals surface area contributed by atoms with Crippen molar-refractivity contribution in [3.63, 3.8) is 0 Å². The Labute approximate surface area is 110 Å². The third-order valence-corrected chi connectivity index (χ3v) is 2.52. The van der Waals surface area contributed by atoms with Crippen LogP contribution in [0.5, 0.6) is 11.5 Å². The van der Waals surface area contributed by atoms with Gasteiger partial charge in [0.25, 0.3) is 6.08 Å². The molecule has 0 amide bonds. The highest BCUT2D eigenvalue weighted by Gasteiger charge is 2.17. The van der Waals surface area contributed by atoms with E-state index in [9.17, 15) is 8.78 Å². The van der Waals surface area contributed by atoms with Crippen molar-refractivity contribution in [2.45, 2.75) is 6.29 Å². The maximum Gasteiger partial charge on any atom is 0.271 e. The Hall–Kier alpha value is -1.66. The third kappa shape index (κ3) is 3.65. The second kappa shape index (κ2) is 7.06. The van der Waals surface area contributed by atoms with Gasteiger partial charge in [0.1, 0.15) is 11.5 Å². The van der Waals surface area contributed by atoms with Crippen LogP contribution < -0.4 is 9.47 Å². The number of benzene rings is 1. The molecular formula is C13H16F2O4. The largest absolute Gasteiger partial charge is 0.496 e. The molecular weight excluding hydrogens is 258 g/mol. The van der Waals surface area contributed by atoms with Crippen LogP contribution in [0.3, 0.4) is 0 Å². The Bertz CT molecular complexity index is 427. The molecule has 1 aromatic rings. The van der Waals surface area contributed by atoms with Crippen molar-refractivity contribution in [1.29, 1.82) is 0 Å².